The lowest BCUT2D eigenvalue weighted by molar-refractivity contribution is -0.0177. The first-order valence-electron chi connectivity index (χ1n) is 6.01. The lowest BCUT2D eigenvalue weighted by atomic mass is 10.3. The van der Waals surface area contributed by atoms with E-state index >= 15 is 0 Å². The third kappa shape index (κ3) is 5.52. The maximum absolute atomic E-state index is 10.9. The molecule has 2 aromatic rings. The van der Waals surface area contributed by atoms with Crippen LogP contribution in [0.2, 0.25) is 0 Å². The first-order chi connectivity index (χ1) is 9.04. The number of hydrogen-bond acceptors (Lipinski definition) is 5. The molecule has 2 atom stereocenters. The van der Waals surface area contributed by atoms with Crippen molar-refractivity contribution in [2.45, 2.75) is 26.1 Å². The van der Waals surface area contributed by atoms with E-state index in [0.29, 0.717) is 6.61 Å². The fourth-order valence-corrected chi connectivity index (χ4v) is 1.99. The minimum atomic E-state index is -0.445. The molecular weight excluding hydrogens is 266 g/mol. The van der Waals surface area contributed by atoms with Crippen molar-refractivity contribution in [3.8, 4) is 0 Å². The van der Waals surface area contributed by atoms with Crippen LogP contribution in [0.1, 0.15) is 13.8 Å². The molecule has 0 radical (unpaired) electrons. The Balaban J connectivity index is 0.000000192. The van der Waals surface area contributed by atoms with Crippen LogP contribution >= 0.6 is 11.5 Å². The monoisotopic (exact) mass is 285 g/mol. The van der Waals surface area contributed by atoms with Crippen molar-refractivity contribution in [1.29, 1.82) is 0 Å². The summed E-state index contributed by atoms with van der Waals surface area (Å²) in [6.45, 7) is 3.70. The van der Waals surface area contributed by atoms with Gasteiger partial charge in [-0.05, 0) is 26.0 Å². The van der Waals surface area contributed by atoms with Gasteiger partial charge in [-0.15, -0.1) is 0 Å². The van der Waals surface area contributed by atoms with Crippen molar-refractivity contribution in [3.05, 3.63) is 34.6 Å². The number of rotatable bonds is 4. The van der Waals surface area contributed by atoms with Crippen LogP contribution in [-0.2, 0) is 4.74 Å². The Morgan fingerprint density at radius 1 is 1.37 bits per heavy atom. The van der Waals surface area contributed by atoms with Crippen LogP contribution in [0.25, 0.3) is 10.1 Å². The molecule has 0 fully saturated rings. The maximum Gasteiger partial charge on any atom is 0.265 e. The molecule has 0 saturated heterocycles. The van der Waals surface area contributed by atoms with Crippen molar-refractivity contribution < 1.29 is 14.9 Å². The van der Waals surface area contributed by atoms with Crippen LogP contribution in [0.4, 0.5) is 0 Å². The third-order valence-electron chi connectivity index (χ3n) is 2.26. The zero-order valence-electron chi connectivity index (χ0n) is 11.0. The third-order valence-corrected chi connectivity index (χ3v) is 3.13. The summed E-state index contributed by atoms with van der Waals surface area (Å²) in [5.41, 5.74) is 0.0144. The summed E-state index contributed by atoms with van der Waals surface area (Å²) >= 11 is 1.38. The molecule has 3 N–H and O–H groups in total. The van der Waals surface area contributed by atoms with Crippen LogP contribution in [0, 0.1) is 0 Å². The summed E-state index contributed by atoms with van der Waals surface area (Å²) < 4.78 is 8.64. The topological polar surface area (TPSA) is 82.5 Å². The van der Waals surface area contributed by atoms with E-state index < -0.39 is 6.10 Å². The molecule has 0 aliphatic carbocycles. The Hall–Kier alpha value is -1.21. The fraction of sp³-hybridized carbons (Fsp3) is 0.462. The molecule has 1 heterocycles. The fourth-order valence-electron chi connectivity index (χ4n) is 1.26. The summed E-state index contributed by atoms with van der Waals surface area (Å²) in [6, 6.07) is 7.54. The van der Waals surface area contributed by atoms with Gasteiger partial charge in [0.25, 0.3) is 5.56 Å². The molecule has 5 nitrogen and oxygen atoms in total. The van der Waals surface area contributed by atoms with Crippen LogP contribution in [0.15, 0.2) is 29.1 Å². The minimum absolute atomic E-state index is 0.00667. The SMILES string of the molecule is CC(O)COC(C)CO.O=c1[nH]sc2ccccc12. The normalized spacial score (nSPS) is 13.7. The van der Waals surface area contributed by atoms with Gasteiger partial charge in [0.2, 0.25) is 0 Å². The second kappa shape index (κ2) is 8.06. The molecule has 0 aliphatic heterocycles. The first kappa shape index (κ1) is 15.8. The van der Waals surface area contributed by atoms with Gasteiger partial charge in [0.05, 0.1) is 35.5 Å². The molecule has 0 amide bonds. The molecule has 2 rings (SSSR count). The van der Waals surface area contributed by atoms with Crippen molar-refractivity contribution in [3.63, 3.8) is 0 Å². The number of nitrogens with one attached hydrogen (secondary N) is 1. The Morgan fingerprint density at radius 3 is 2.63 bits per heavy atom. The van der Waals surface area contributed by atoms with Crippen molar-refractivity contribution in [2.75, 3.05) is 13.2 Å². The number of hydrogen-bond donors (Lipinski definition) is 3. The number of H-pyrrole nitrogens is 1. The van der Waals surface area contributed by atoms with Crippen molar-refractivity contribution in [1.82, 2.24) is 4.37 Å². The number of aliphatic hydroxyl groups is 2. The Bertz CT molecular complexity index is 534. The van der Waals surface area contributed by atoms with Gasteiger partial charge in [-0.3, -0.25) is 9.17 Å². The molecule has 6 heteroatoms. The first-order valence-corrected chi connectivity index (χ1v) is 6.83. The molecule has 19 heavy (non-hydrogen) atoms. The highest BCUT2D eigenvalue weighted by Crippen LogP contribution is 2.11. The standard InChI is InChI=1S/C7H5NOS.C6H14O3/c9-7-5-3-1-2-4-6(5)10-8-7;1-5(8)4-9-6(2)3-7/h1-4H,(H,8,9);5-8H,3-4H2,1-2H3. The molecule has 2 unspecified atom stereocenters. The molecule has 1 aromatic heterocycles. The second-order valence-electron chi connectivity index (χ2n) is 4.20. The van der Waals surface area contributed by atoms with Crippen LogP contribution < -0.4 is 5.56 Å². The van der Waals surface area contributed by atoms with Gasteiger partial charge in [-0.2, -0.15) is 0 Å². The minimum Gasteiger partial charge on any atom is -0.394 e. The Labute approximate surface area is 115 Å². The van der Waals surface area contributed by atoms with Gasteiger partial charge in [0.1, 0.15) is 0 Å². The summed E-state index contributed by atoms with van der Waals surface area (Å²) in [4.78, 5) is 10.9. The summed E-state index contributed by atoms with van der Waals surface area (Å²) in [7, 11) is 0. The maximum atomic E-state index is 10.9. The average molecular weight is 285 g/mol. The highest BCUT2D eigenvalue weighted by molar-refractivity contribution is 7.13. The molecular formula is C13H19NO4S. The average Bonchev–Trinajstić information content (AvgIpc) is 2.79. The van der Waals surface area contributed by atoms with Crippen LogP contribution in [-0.4, -0.2) is 40.0 Å². The number of ether oxygens (including phenoxy) is 1. The van der Waals surface area contributed by atoms with Gasteiger partial charge in [0.15, 0.2) is 0 Å². The molecule has 0 bridgehead atoms. The summed E-state index contributed by atoms with van der Waals surface area (Å²) in [6.07, 6.45) is -0.612. The Kier molecular flexibility index (Phi) is 6.72. The largest absolute Gasteiger partial charge is 0.394 e. The van der Waals surface area contributed by atoms with E-state index in [4.69, 9.17) is 14.9 Å². The van der Waals surface area contributed by atoms with Crippen LogP contribution in [0.5, 0.6) is 0 Å². The van der Waals surface area contributed by atoms with Crippen LogP contribution in [0.3, 0.4) is 0 Å². The number of aliphatic hydroxyl groups excluding tert-OH is 2. The molecule has 106 valence electrons. The Morgan fingerprint density at radius 2 is 2.05 bits per heavy atom. The van der Waals surface area contributed by atoms with E-state index in [1.165, 1.54) is 11.5 Å². The number of fused-ring (bicyclic) bond motifs is 1. The number of benzene rings is 1. The van der Waals surface area contributed by atoms with E-state index in [9.17, 15) is 4.79 Å². The predicted molar refractivity (Wildman–Crippen MR) is 76.6 cm³/mol. The van der Waals surface area contributed by atoms with E-state index in [-0.39, 0.29) is 18.3 Å². The molecule has 0 aliphatic rings. The van der Waals surface area contributed by atoms with Gasteiger partial charge < -0.3 is 14.9 Å². The van der Waals surface area contributed by atoms with Gasteiger partial charge in [-0.1, -0.05) is 23.7 Å². The van der Waals surface area contributed by atoms with Crippen molar-refractivity contribution >= 4 is 21.6 Å². The summed E-state index contributed by atoms with van der Waals surface area (Å²) in [5.74, 6) is 0. The van der Waals surface area contributed by atoms with Gasteiger partial charge in [0, 0.05) is 0 Å². The smallest absolute Gasteiger partial charge is 0.265 e. The predicted octanol–water partition coefficient (Wildman–Crippen LogP) is 1.35. The second-order valence-corrected chi connectivity index (χ2v) is 5.05. The molecule has 0 saturated carbocycles. The van der Waals surface area contributed by atoms with Gasteiger partial charge >= 0.3 is 0 Å². The number of aromatic amines is 1. The van der Waals surface area contributed by atoms with Crippen molar-refractivity contribution in [2.24, 2.45) is 0 Å². The summed E-state index contributed by atoms with van der Waals surface area (Å²) in [5, 5.41) is 17.9. The highest BCUT2D eigenvalue weighted by atomic mass is 32.1. The van der Waals surface area contributed by atoms with E-state index in [1.54, 1.807) is 13.8 Å². The van der Waals surface area contributed by atoms with E-state index in [1.807, 2.05) is 24.3 Å². The molecule has 1 aromatic carbocycles. The van der Waals surface area contributed by atoms with Gasteiger partial charge in [-0.25, -0.2) is 0 Å². The highest BCUT2D eigenvalue weighted by Gasteiger charge is 2.00. The zero-order valence-corrected chi connectivity index (χ0v) is 11.8. The van der Waals surface area contributed by atoms with E-state index in [2.05, 4.69) is 4.37 Å². The zero-order chi connectivity index (χ0) is 14.3. The number of aromatic nitrogens is 1. The van der Waals surface area contributed by atoms with E-state index in [0.717, 1.165) is 10.1 Å². The quantitative estimate of drug-likeness (QED) is 0.792. The lowest BCUT2D eigenvalue weighted by Gasteiger charge is -2.10. The molecule has 0 spiro atoms. The lowest BCUT2D eigenvalue weighted by Crippen LogP contribution is -2.19.